The zero-order chi connectivity index (χ0) is 14.5. The largest absolute Gasteiger partial charge is 0.323 e. The Hall–Kier alpha value is -0.900. The number of hydrogen-bond donors (Lipinski definition) is 1. The van der Waals surface area contributed by atoms with E-state index in [9.17, 15) is 0 Å². The standard InChI is InChI=1S/C17H29N3/c1-4-5-15-6-8-16(9-7-15)17(18)13-20-11-10-19(3)12-14(20)2/h6-9,14,17H,4-5,10-13,18H2,1-3H3. The van der Waals surface area contributed by atoms with Crippen molar-refractivity contribution in [3.8, 4) is 0 Å². The van der Waals surface area contributed by atoms with E-state index >= 15 is 0 Å². The van der Waals surface area contributed by atoms with E-state index in [0.29, 0.717) is 6.04 Å². The lowest BCUT2D eigenvalue weighted by Gasteiger charge is -2.39. The van der Waals surface area contributed by atoms with E-state index in [1.165, 1.54) is 17.5 Å². The van der Waals surface area contributed by atoms with Gasteiger partial charge in [0.05, 0.1) is 0 Å². The lowest BCUT2D eigenvalue weighted by molar-refractivity contribution is 0.0945. The molecule has 112 valence electrons. The summed E-state index contributed by atoms with van der Waals surface area (Å²) in [7, 11) is 2.19. The molecule has 2 rings (SSSR count). The number of rotatable bonds is 5. The molecule has 1 heterocycles. The van der Waals surface area contributed by atoms with E-state index in [1.54, 1.807) is 0 Å². The Labute approximate surface area is 123 Å². The van der Waals surface area contributed by atoms with Gasteiger partial charge < -0.3 is 10.6 Å². The Morgan fingerprint density at radius 1 is 1.25 bits per heavy atom. The summed E-state index contributed by atoms with van der Waals surface area (Å²) in [5.41, 5.74) is 9.06. The van der Waals surface area contributed by atoms with Crippen LogP contribution in [0.2, 0.25) is 0 Å². The highest BCUT2D eigenvalue weighted by molar-refractivity contribution is 5.25. The van der Waals surface area contributed by atoms with Gasteiger partial charge in [-0.05, 0) is 31.5 Å². The first kappa shape index (κ1) is 15.5. The van der Waals surface area contributed by atoms with E-state index in [4.69, 9.17) is 5.73 Å². The number of likely N-dealkylation sites (N-methyl/N-ethyl adjacent to an activating group) is 1. The topological polar surface area (TPSA) is 32.5 Å². The quantitative estimate of drug-likeness (QED) is 0.895. The van der Waals surface area contributed by atoms with Crippen LogP contribution in [-0.4, -0.2) is 49.1 Å². The highest BCUT2D eigenvalue weighted by Crippen LogP contribution is 2.17. The second kappa shape index (κ2) is 7.21. The fourth-order valence-corrected chi connectivity index (χ4v) is 3.03. The SMILES string of the molecule is CCCc1ccc(C(N)CN2CCN(C)CC2C)cc1. The van der Waals surface area contributed by atoms with Crippen molar-refractivity contribution in [2.45, 2.75) is 38.8 Å². The van der Waals surface area contributed by atoms with E-state index in [-0.39, 0.29) is 6.04 Å². The minimum Gasteiger partial charge on any atom is -0.323 e. The van der Waals surface area contributed by atoms with E-state index in [0.717, 1.165) is 32.6 Å². The summed E-state index contributed by atoms with van der Waals surface area (Å²) in [6.45, 7) is 8.89. The van der Waals surface area contributed by atoms with E-state index in [2.05, 4.69) is 55.0 Å². The Morgan fingerprint density at radius 2 is 1.95 bits per heavy atom. The summed E-state index contributed by atoms with van der Waals surface area (Å²) in [6.07, 6.45) is 2.36. The van der Waals surface area contributed by atoms with Crippen LogP contribution in [0.4, 0.5) is 0 Å². The van der Waals surface area contributed by atoms with Gasteiger partial charge in [0, 0.05) is 38.3 Å². The number of aryl methyl sites for hydroxylation is 1. The van der Waals surface area contributed by atoms with Crippen molar-refractivity contribution in [2.75, 3.05) is 33.2 Å². The van der Waals surface area contributed by atoms with Crippen LogP contribution in [0.3, 0.4) is 0 Å². The van der Waals surface area contributed by atoms with Gasteiger partial charge in [-0.3, -0.25) is 4.90 Å². The predicted octanol–water partition coefficient (Wildman–Crippen LogP) is 2.27. The molecular weight excluding hydrogens is 246 g/mol. The molecule has 0 saturated carbocycles. The van der Waals surface area contributed by atoms with Gasteiger partial charge in [0.1, 0.15) is 0 Å². The Balaban J connectivity index is 1.92. The van der Waals surface area contributed by atoms with Gasteiger partial charge in [-0.15, -0.1) is 0 Å². The molecule has 1 fully saturated rings. The van der Waals surface area contributed by atoms with Crippen molar-refractivity contribution in [1.82, 2.24) is 9.80 Å². The third-order valence-electron chi connectivity index (χ3n) is 4.35. The van der Waals surface area contributed by atoms with Crippen LogP contribution >= 0.6 is 0 Å². The first-order valence-electron chi connectivity index (χ1n) is 7.87. The molecule has 0 aromatic heterocycles. The maximum atomic E-state index is 6.39. The second-order valence-electron chi connectivity index (χ2n) is 6.20. The highest BCUT2D eigenvalue weighted by Gasteiger charge is 2.23. The van der Waals surface area contributed by atoms with Gasteiger partial charge in [0.15, 0.2) is 0 Å². The van der Waals surface area contributed by atoms with Crippen LogP contribution in [0, 0.1) is 0 Å². The second-order valence-corrected chi connectivity index (χ2v) is 6.20. The van der Waals surface area contributed by atoms with Crippen molar-refractivity contribution in [3.05, 3.63) is 35.4 Å². The number of benzene rings is 1. The number of nitrogens with zero attached hydrogens (tertiary/aromatic N) is 2. The summed E-state index contributed by atoms with van der Waals surface area (Å²) in [5, 5.41) is 0. The third kappa shape index (κ3) is 4.05. The zero-order valence-corrected chi connectivity index (χ0v) is 13.2. The first-order chi connectivity index (χ1) is 9.60. The van der Waals surface area contributed by atoms with Gasteiger partial charge in [-0.1, -0.05) is 37.6 Å². The summed E-state index contributed by atoms with van der Waals surface area (Å²) in [6, 6.07) is 9.58. The molecule has 1 saturated heterocycles. The molecule has 1 aromatic carbocycles. The monoisotopic (exact) mass is 275 g/mol. The minimum absolute atomic E-state index is 0.122. The van der Waals surface area contributed by atoms with E-state index in [1.807, 2.05) is 0 Å². The molecule has 20 heavy (non-hydrogen) atoms. The molecule has 0 aliphatic carbocycles. The average Bonchev–Trinajstić information content (AvgIpc) is 2.43. The molecule has 1 aliphatic heterocycles. The number of piperazine rings is 1. The van der Waals surface area contributed by atoms with Crippen LogP contribution in [0.1, 0.15) is 37.4 Å². The Kier molecular flexibility index (Phi) is 5.58. The zero-order valence-electron chi connectivity index (χ0n) is 13.2. The highest BCUT2D eigenvalue weighted by atomic mass is 15.3. The molecule has 3 heteroatoms. The van der Waals surface area contributed by atoms with Crippen molar-refractivity contribution in [1.29, 1.82) is 0 Å². The van der Waals surface area contributed by atoms with Gasteiger partial charge >= 0.3 is 0 Å². The first-order valence-corrected chi connectivity index (χ1v) is 7.87. The summed E-state index contributed by atoms with van der Waals surface area (Å²) >= 11 is 0. The van der Waals surface area contributed by atoms with Crippen molar-refractivity contribution in [2.24, 2.45) is 5.73 Å². The lowest BCUT2D eigenvalue weighted by Crippen LogP contribution is -2.52. The maximum absolute atomic E-state index is 6.39. The third-order valence-corrected chi connectivity index (χ3v) is 4.35. The average molecular weight is 275 g/mol. The minimum atomic E-state index is 0.122. The van der Waals surface area contributed by atoms with Crippen molar-refractivity contribution < 1.29 is 0 Å². The molecule has 2 N–H and O–H groups in total. The Morgan fingerprint density at radius 3 is 2.55 bits per heavy atom. The summed E-state index contributed by atoms with van der Waals surface area (Å²) in [4.78, 5) is 4.91. The molecule has 1 aliphatic rings. The normalized spacial score (nSPS) is 22.9. The molecule has 0 spiro atoms. The van der Waals surface area contributed by atoms with Gasteiger partial charge in [0.2, 0.25) is 0 Å². The number of hydrogen-bond acceptors (Lipinski definition) is 3. The number of nitrogens with two attached hydrogens (primary N) is 1. The van der Waals surface area contributed by atoms with Gasteiger partial charge in [0.25, 0.3) is 0 Å². The molecular formula is C17H29N3. The van der Waals surface area contributed by atoms with Crippen LogP contribution in [0.5, 0.6) is 0 Å². The fourth-order valence-electron chi connectivity index (χ4n) is 3.03. The molecule has 0 amide bonds. The molecule has 2 atom stereocenters. The lowest BCUT2D eigenvalue weighted by atomic mass is 10.0. The van der Waals surface area contributed by atoms with Crippen LogP contribution in [0.25, 0.3) is 0 Å². The van der Waals surface area contributed by atoms with Gasteiger partial charge in [-0.25, -0.2) is 0 Å². The molecule has 1 aromatic rings. The fraction of sp³-hybridized carbons (Fsp3) is 0.647. The molecule has 0 bridgehead atoms. The summed E-state index contributed by atoms with van der Waals surface area (Å²) in [5.74, 6) is 0. The predicted molar refractivity (Wildman–Crippen MR) is 85.9 cm³/mol. The maximum Gasteiger partial charge on any atom is 0.0424 e. The van der Waals surface area contributed by atoms with Crippen molar-refractivity contribution >= 4 is 0 Å². The smallest absolute Gasteiger partial charge is 0.0424 e. The summed E-state index contributed by atoms with van der Waals surface area (Å²) < 4.78 is 0. The van der Waals surface area contributed by atoms with Gasteiger partial charge in [-0.2, -0.15) is 0 Å². The molecule has 0 radical (unpaired) electrons. The van der Waals surface area contributed by atoms with Crippen LogP contribution < -0.4 is 5.73 Å². The van der Waals surface area contributed by atoms with Crippen LogP contribution in [0.15, 0.2) is 24.3 Å². The Bertz CT molecular complexity index is 401. The van der Waals surface area contributed by atoms with E-state index < -0.39 is 0 Å². The molecule has 3 nitrogen and oxygen atoms in total. The van der Waals surface area contributed by atoms with Crippen molar-refractivity contribution in [3.63, 3.8) is 0 Å². The molecule has 2 unspecified atom stereocenters. The van der Waals surface area contributed by atoms with Crippen LogP contribution in [-0.2, 0) is 6.42 Å².